The van der Waals surface area contributed by atoms with Crippen LogP contribution in [-0.4, -0.2) is 15.2 Å². The first-order valence-electron chi connectivity index (χ1n) is 6.35. The molecule has 0 radical (unpaired) electrons. The van der Waals surface area contributed by atoms with E-state index < -0.39 is 0 Å². The van der Waals surface area contributed by atoms with Crippen LogP contribution >= 0.6 is 0 Å². The number of hydrogen-bond donors (Lipinski definition) is 1. The number of hydrogen-bond acceptors (Lipinski definition) is 2. The first kappa shape index (κ1) is 12.1. The third-order valence-corrected chi connectivity index (χ3v) is 3.77. The van der Waals surface area contributed by atoms with Gasteiger partial charge in [0, 0.05) is 23.8 Å². The topological polar surface area (TPSA) is 29.3 Å². The van der Waals surface area contributed by atoms with Gasteiger partial charge in [0.25, 0.3) is 0 Å². The zero-order valence-electron chi connectivity index (χ0n) is 10.9. The van der Waals surface area contributed by atoms with Gasteiger partial charge in [-0.15, -0.1) is 0 Å². The van der Waals surface area contributed by atoms with E-state index in [4.69, 9.17) is 0 Å². The molecule has 0 unspecified atom stereocenters. The van der Waals surface area contributed by atoms with E-state index in [2.05, 4.69) is 43.3 Å². The van der Waals surface area contributed by atoms with Crippen LogP contribution in [0.2, 0.25) is 0 Å². The van der Waals surface area contributed by atoms with E-state index in [1.807, 2.05) is 23.0 Å². The Bertz CT molecular complexity index is 483. The average molecular weight is 231 g/mol. The Hall–Kier alpha value is -1.35. The van der Waals surface area contributed by atoms with Crippen LogP contribution in [0.25, 0.3) is 5.52 Å². The highest BCUT2D eigenvalue weighted by molar-refractivity contribution is 5.53. The van der Waals surface area contributed by atoms with Gasteiger partial charge < -0.3 is 5.32 Å². The summed E-state index contributed by atoms with van der Waals surface area (Å²) in [7, 11) is 0. The summed E-state index contributed by atoms with van der Waals surface area (Å²) in [6.07, 6.45) is 6.22. The number of rotatable bonds is 5. The van der Waals surface area contributed by atoms with E-state index in [1.165, 1.54) is 11.1 Å². The molecule has 2 heterocycles. The maximum Gasteiger partial charge on any atom is 0.0706 e. The van der Waals surface area contributed by atoms with Crippen molar-refractivity contribution in [1.29, 1.82) is 0 Å². The monoisotopic (exact) mass is 231 g/mol. The van der Waals surface area contributed by atoms with Crippen LogP contribution in [0.3, 0.4) is 0 Å². The van der Waals surface area contributed by atoms with Gasteiger partial charge in [0.15, 0.2) is 0 Å². The summed E-state index contributed by atoms with van der Waals surface area (Å²) in [4.78, 5) is 0. The van der Waals surface area contributed by atoms with Crippen LogP contribution in [0.15, 0.2) is 30.6 Å². The second-order valence-electron chi connectivity index (χ2n) is 4.82. The Morgan fingerprint density at radius 1 is 1.29 bits per heavy atom. The standard InChI is InChI=1S/C14H21N3/c1-4-14(3,5-2)15-10-12-11-16-17-9-7-6-8-13(12)17/h6-9,11,15H,4-5,10H2,1-3H3. The van der Waals surface area contributed by atoms with Crippen molar-refractivity contribution < 1.29 is 0 Å². The molecule has 0 aromatic carbocycles. The fourth-order valence-electron chi connectivity index (χ4n) is 1.93. The molecule has 0 bridgehead atoms. The molecule has 0 aliphatic rings. The Morgan fingerprint density at radius 3 is 2.76 bits per heavy atom. The molecule has 2 aromatic heterocycles. The van der Waals surface area contributed by atoms with E-state index in [0.717, 1.165) is 19.4 Å². The molecule has 0 saturated carbocycles. The predicted molar refractivity (Wildman–Crippen MR) is 71.0 cm³/mol. The molecule has 2 rings (SSSR count). The van der Waals surface area contributed by atoms with Gasteiger partial charge >= 0.3 is 0 Å². The smallest absolute Gasteiger partial charge is 0.0706 e. The molecular formula is C14H21N3. The highest BCUT2D eigenvalue weighted by Crippen LogP contribution is 2.16. The summed E-state index contributed by atoms with van der Waals surface area (Å²) in [6.45, 7) is 7.61. The average Bonchev–Trinajstić information content (AvgIpc) is 2.79. The summed E-state index contributed by atoms with van der Waals surface area (Å²) >= 11 is 0. The Labute approximate surface area is 103 Å². The van der Waals surface area contributed by atoms with Gasteiger partial charge in [0.2, 0.25) is 0 Å². The Morgan fingerprint density at radius 2 is 2.06 bits per heavy atom. The summed E-state index contributed by atoms with van der Waals surface area (Å²) in [5.41, 5.74) is 2.68. The van der Waals surface area contributed by atoms with Crippen molar-refractivity contribution in [3.05, 3.63) is 36.2 Å². The van der Waals surface area contributed by atoms with Crippen LogP contribution in [0.5, 0.6) is 0 Å². The lowest BCUT2D eigenvalue weighted by atomic mass is 9.95. The maximum absolute atomic E-state index is 4.35. The van der Waals surface area contributed by atoms with E-state index in [1.54, 1.807) is 0 Å². The third-order valence-electron chi connectivity index (χ3n) is 3.77. The summed E-state index contributed by atoms with van der Waals surface area (Å²) < 4.78 is 1.92. The van der Waals surface area contributed by atoms with Crippen LogP contribution < -0.4 is 5.32 Å². The van der Waals surface area contributed by atoms with Crippen molar-refractivity contribution in [3.8, 4) is 0 Å². The molecule has 17 heavy (non-hydrogen) atoms. The molecule has 3 heteroatoms. The largest absolute Gasteiger partial charge is 0.307 e. The first-order valence-corrected chi connectivity index (χ1v) is 6.35. The van der Waals surface area contributed by atoms with Crippen LogP contribution in [-0.2, 0) is 6.54 Å². The number of pyridine rings is 1. The molecule has 0 spiro atoms. The molecule has 0 fully saturated rings. The summed E-state index contributed by atoms with van der Waals surface area (Å²) in [5, 5.41) is 7.98. The Balaban J connectivity index is 2.14. The molecule has 0 aliphatic carbocycles. The second-order valence-corrected chi connectivity index (χ2v) is 4.82. The van der Waals surface area contributed by atoms with Gasteiger partial charge in [0.1, 0.15) is 0 Å². The van der Waals surface area contributed by atoms with Crippen molar-refractivity contribution >= 4 is 5.52 Å². The van der Waals surface area contributed by atoms with Gasteiger partial charge in [0.05, 0.1) is 11.7 Å². The van der Waals surface area contributed by atoms with Crippen LogP contribution in [0.1, 0.15) is 39.2 Å². The minimum atomic E-state index is 0.225. The van der Waals surface area contributed by atoms with E-state index in [0.29, 0.717) is 0 Å². The molecule has 0 aliphatic heterocycles. The van der Waals surface area contributed by atoms with Crippen LogP contribution in [0.4, 0.5) is 0 Å². The zero-order chi connectivity index (χ0) is 12.3. The number of aromatic nitrogens is 2. The lowest BCUT2D eigenvalue weighted by Crippen LogP contribution is -2.40. The number of nitrogens with zero attached hydrogens (tertiary/aromatic N) is 2. The Kier molecular flexibility index (Phi) is 3.48. The SMILES string of the molecule is CCC(C)(CC)NCc1cnn2ccccc12. The van der Waals surface area contributed by atoms with Crippen LogP contribution in [0, 0.1) is 0 Å². The van der Waals surface area contributed by atoms with Crippen molar-refractivity contribution in [2.75, 3.05) is 0 Å². The molecule has 3 nitrogen and oxygen atoms in total. The van der Waals surface area contributed by atoms with Gasteiger partial charge in [-0.1, -0.05) is 19.9 Å². The highest BCUT2D eigenvalue weighted by Gasteiger charge is 2.18. The minimum absolute atomic E-state index is 0.225. The summed E-state index contributed by atoms with van der Waals surface area (Å²) in [6, 6.07) is 6.16. The van der Waals surface area contributed by atoms with Gasteiger partial charge in [-0.25, -0.2) is 4.52 Å². The predicted octanol–water partition coefficient (Wildman–Crippen LogP) is 3.00. The summed E-state index contributed by atoms with van der Waals surface area (Å²) in [5.74, 6) is 0. The first-order chi connectivity index (χ1) is 8.18. The lowest BCUT2D eigenvalue weighted by Gasteiger charge is -2.28. The highest BCUT2D eigenvalue weighted by atomic mass is 15.2. The second kappa shape index (κ2) is 4.88. The normalized spacial score (nSPS) is 12.2. The van der Waals surface area contributed by atoms with Gasteiger partial charge in [-0.2, -0.15) is 5.10 Å². The van der Waals surface area contributed by atoms with E-state index in [9.17, 15) is 0 Å². The minimum Gasteiger partial charge on any atom is -0.307 e. The molecule has 92 valence electrons. The molecular weight excluding hydrogens is 210 g/mol. The molecule has 2 aromatic rings. The molecule has 1 N–H and O–H groups in total. The zero-order valence-corrected chi connectivity index (χ0v) is 10.9. The quantitative estimate of drug-likeness (QED) is 0.857. The van der Waals surface area contributed by atoms with Crippen molar-refractivity contribution in [1.82, 2.24) is 14.9 Å². The van der Waals surface area contributed by atoms with E-state index >= 15 is 0 Å². The molecule has 0 atom stereocenters. The van der Waals surface area contributed by atoms with Gasteiger partial charge in [-0.05, 0) is 31.9 Å². The molecule has 0 saturated heterocycles. The van der Waals surface area contributed by atoms with Crippen molar-refractivity contribution in [2.45, 2.75) is 45.7 Å². The van der Waals surface area contributed by atoms with E-state index in [-0.39, 0.29) is 5.54 Å². The molecule has 0 amide bonds. The number of nitrogens with one attached hydrogen (secondary N) is 1. The van der Waals surface area contributed by atoms with Crippen molar-refractivity contribution in [2.24, 2.45) is 0 Å². The fraction of sp³-hybridized carbons (Fsp3) is 0.500. The fourth-order valence-corrected chi connectivity index (χ4v) is 1.93. The van der Waals surface area contributed by atoms with Gasteiger partial charge in [-0.3, -0.25) is 0 Å². The third kappa shape index (κ3) is 2.50. The number of fused-ring (bicyclic) bond motifs is 1. The van der Waals surface area contributed by atoms with Crippen molar-refractivity contribution in [3.63, 3.8) is 0 Å². The lowest BCUT2D eigenvalue weighted by molar-refractivity contribution is 0.330. The maximum atomic E-state index is 4.35.